The molecule has 1 saturated heterocycles. The van der Waals surface area contributed by atoms with E-state index in [0.29, 0.717) is 31.5 Å². The molecule has 8 nitrogen and oxygen atoms in total. The third-order valence-electron chi connectivity index (χ3n) is 2.81. The Kier molecular flexibility index (Phi) is 4.79. The summed E-state index contributed by atoms with van der Waals surface area (Å²) in [5.41, 5.74) is -0.557. The van der Waals surface area contributed by atoms with E-state index in [1.165, 1.54) is 0 Å². The quantitative estimate of drug-likeness (QED) is 0.836. The Morgan fingerprint density at radius 3 is 2.90 bits per heavy atom. The lowest BCUT2D eigenvalue weighted by Gasteiger charge is -2.34. The predicted molar refractivity (Wildman–Crippen MR) is 71.5 cm³/mol. The lowest BCUT2D eigenvalue weighted by atomic mass is 10.2. The number of amides is 1. The van der Waals surface area contributed by atoms with Gasteiger partial charge in [0.15, 0.2) is 5.82 Å². The Balaban J connectivity index is 2.12. The number of ether oxygens (including phenoxy) is 3. The molecule has 1 unspecified atom stereocenters. The number of carbonyl (C=O) groups excluding carboxylic acids is 1. The highest BCUT2D eigenvalue weighted by atomic mass is 16.6. The highest BCUT2D eigenvalue weighted by Crippen LogP contribution is 2.24. The number of methoxy groups -OCH3 is 1. The van der Waals surface area contributed by atoms with Crippen LogP contribution < -0.4 is 0 Å². The number of hydrogen-bond acceptors (Lipinski definition) is 7. The Morgan fingerprint density at radius 2 is 2.24 bits per heavy atom. The van der Waals surface area contributed by atoms with Gasteiger partial charge in [0.1, 0.15) is 18.2 Å². The van der Waals surface area contributed by atoms with Crippen molar-refractivity contribution in [2.75, 3.05) is 26.9 Å². The molecular weight excluding hydrogens is 278 g/mol. The molecule has 21 heavy (non-hydrogen) atoms. The van der Waals surface area contributed by atoms with E-state index < -0.39 is 17.7 Å². The zero-order valence-electron chi connectivity index (χ0n) is 12.8. The van der Waals surface area contributed by atoms with Gasteiger partial charge in [0.25, 0.3) is 5.89 Å². The predicted octanol–water partition coefficient (Wildman–Crippen LogP) is 1.52. The summed E-state index contributed by atoms with van der Waals surface area (Å²) in [4.78, 5) is 18.1. The van der Waals surface area contributed by atoms with Gasteiger partial charge in [0.05, 0.1) is 13.2 Å². The maximum absolute atomic E-state index is 12.3. The van der Waals surface area contributed by atoms with Crippen LogP contribution in [-0.2, 0) is 20.8 Å². The van der Waals surface area contributed by atoms with Gasteiger partial charge in [-0.15, -0.1) is 0 Å². The summed E-state index contributed by atoms with van der Waals surface area (Å²) in [6.07, 6.45) is -0.408. The Hall–Kier alpha value is -1.67. The van der Waals surface area contributed by atoms with Crippen LogP contribution in [0.1, 0.15) is 38.5 Å². The van der Waals surface area contributed by atoms with Crippen molar-refractivity contribution in [1.29, 1.82) is 0 Å². The third-order valence-corrected chi connectivity index (χ3v) is 2.81. The summed E-state index contributed by atoms with van der Waals surface area (Å²) in [5, 5.41) is 3.89. The molecular formula is C13H21N3O5. The zero-order chi connectivity index (χ0) is 15.5. The van der Waals surface area contributed by atoms with Gasteiger partial charge < -0.3 is 18.7 Å². The van der Waals surface area contributed by atoms with E-state index in [2.05, 4.69) is 10.1 Å². The van der Waals surface area contributed by atoms with Crippen molar-refractivity contribution in [2.45, 2.75) is 39.0 Å². The van der Waals surface area contributed by atoms with Gasteiger partial charge in [-0.1, -0.05) is 5.16 Å². The number of rotatable bonds is 3. The smallest absolute Gasteiger partial charge is 0.411 e. The van der Waals surface area contributed by atoms with Crippen molar-refractivity contribution in [3.63, 3.8) is 0 Å². The van der Waals surface area contributed by atoms with Gasteiger partial charge in [-0.05, 0) is 20.8 Å². The van der Waals surface area contributed by atoms with Gasteiger partial charge >= 0.3 is 6.09 Å². The maximum Gasteiger partial charge on any atom is 0.411 e. The van der Waals surface area contributed by atoms with Crippen LogP contribution in [0.5, 0.6) is 0 Å². The second kappa shape index (κ2) is 6.40. The first-order chi connectivity index (χ1) is 9.90. The molecule has 0 radical (unpaired) electrons. The van der Waals surface area contributed by atoms with Crippen molar-refractivity contribution in [1.82, 2.24) is 15.0 Å². The van der Waals surface area contributed by atoms with Gasteiger partial charge in [-0.3, -0.25) is 4.90 Å². The van der Waals surface area contributed by atoms with Crippen molar-refractivity contribution >= 4 is 6.09 Å². The minimum atomic E-state index is -0.557. The van der Waals surface area contributed by atoms with Gasteiger partial charge in [0, 0.05) is 13.7 Å². The Bertz CT molecular complexity index is 482. The van der Waals surface area contributed by atoms with E-state index in [1.54, 1.807) is 12.0 Å². The van der Waals surface area contributed by atoms with Crippen molar-refractivity contribution in [3.05, 3.63) is 11.7 Å². The zero-order valence-corrected chi connectivity index (χ0v) is 12.8. The van der Waals surface area contributed by atoms with Crippen LogP contribution in [0.25, 0.3) is 0 Å². The van der Waals surface area contributed by atoms with Crippen LogP contribution >= 0.6 is 0 Å². The van der Waals surface area contributed by atoms with E-state index in [4.69, 9.17) is 18.7 Å². The molecule has 1 aromatic rings. The second-order valence-electron chi connectivity index (χ2n) is 5.74. The lowest BCUT2D eigenvalue weighted by molar-refractivity contribution is -0.0354. The first kappa shape index (κ1) is 15.7. The molecule has 0 aliphatic carbocycles. The first-order valence-electron chi connectivity index (χ1n) is 6.79. The molecule has 1 aliphatic heterocycles. The standard InChI is InChI=1S/C13H21N3O5/c1-13(2,3)20-12(17)16-5-6-19-7-9(16)11-14-10(8-18-4)21-15-11/h9H,5-8H2,1-4H3. The highest BCUT2D eigenvalue weighted by molar-refractivity contribution is 5.68. The summed E-state index contributed by atoms with van der Waals surface area (Å²) in [6.45, 7) is 6.90. The maximum atomic E-state index is 12.3. The second-order valence-corrected chi connectivity index (χ2v) is 5.74. The van der Waals surface area contributed by atoms with Crippen LogP contribution in [0, 0.1) is 0 Å². The Labute approximate surface area is 123 Å². The fourth-order valence-electron chi connectivity index (χ4n) is 1.94. The molecule has 1 atom stereocenters. The molecule has 1 aliphatic rings. The topological polar surface area (TPSA) is 86.9 Å². The average molecular weight is 299 g/mol. The van der Waals surface area contributed by atoms with E-state index in [-0.39, 0.29) is 6.61 Å². The highest BCUT2D eigenvalue weighted by Gasteiger charge is 2.34. The minimum absolute atomic E-state index is 0.229. The van der Waals surface area contributed by atoms with Crippen molar-refractivity contribution in [2.24, 2.45) is 0 Å². The first-order valence-corrected chi connectivity index (χ1v) is 6.79. The SMILES string of the molecule is COCc1nc(C2COCCN2C(=O)OC(C)(C)C)no1. The molecule has 8 heteroatoms. The molecule has 0 aromatic carbocycles. The summed E-state index contributed by atoms with van der Waals surface area (Å²) in [5.74, 6) is 0.759. The van der Waals surface area contributed by atoms with Crippen LogP contribution in [0.15, 0.2) is 4.52 Å². The number of aromatic nitrogens is 2. The van der Waals surface area contributed by atoms with Crippen LogP contribution in [0.4, 0.5) is 4.79 Å². The van der Waals surface area contributed by atoms with E-state index in [1.807, 2.05) is 20.8 Å². The van der Waals surface area contributed by atoms with Crippen LogP contribution in [0.3, 0.4) is 0 Å². The van der Waals surface area contributed by atoms with Crippen molar-refractivity contribution in [3.8, 4) is 0 Å². The summed E-state index contributed by atoms with van der Waals surface area (Å²) in [7, 11) is 1.54. The third kappa shape index (κ3) is 4.15. The summed E-state index contributed by atoms with van der Waals surface area (Å²) in [6, 6.07) is -0.414. The molecule has 118 valence electrons. The van der Waals surface area contributed by atoms with Gasteiger partial charge in [-0.25, -0.2) is 4.79 Å². The number of nitrogens with zero attached hydrogens (tertiary/aromatic N) is 3. The number of morpholine rings is 1. The normalized spacial score (nSPS) is 19.6. The van der Waals surface area contributed by atoms with Crippen LogP contribution in [0.2, 0.25) is 0 Å². The molecule has 1 aromatic heterocycles. The average Bonchev–Trinajstić information content (AvgIpc) is 2.86. The summed E-state index contributed by atoms with van der Waals surface area (Å²) >= 11 is 0. The number of carbonyl (C=O) groups is 1. The molecule has 0 N–H and O–H groups in total. The minimum Gasteiger partial charge on any atom is -0.444 e. The fourth-order valence-corrected chi connectivity index (χ4v) is 1.94. The molecule has 0 bridgehead atoms. The lowest BCUT2D eigenvalue weighted by Crippen LogP contribution is -2.46. The molecule has 1 fully saturated rings. The molecule has 1 amide bonds. The Morgan fingerprint density at radius 1 is 1.48 bits per heavy atom. The molecule has 2 heterocycles. The van der Waals surface area contributed by atoms with Gasteiger partial charge in [0.2, 0.25) is 0 Å². The number of hydrogen-bond donors (Lipinski definition) is 0. The van der Waals surface area contributed by atoms with E-state index in [0.717, 1.165) is 0 Å². The molecule has 0 spiro atoms. The molecule has 2 rings (SSSR count). The summed E-state index contributed by atoms with van der Waals surface area (Å²) < 4.78 is 20.8. The van der Waals surface area contributed by atoms with E-state index in [9.17, 15) is 4.79 Å². The van der Waals surface area contributed by atoms with Crippen LogP contribution in [-0.4, -0.2) is 53.6 Å². The largest absolute Gasteiger partial charge is 0.444 e. The van der Waals surface area contributed by atoms with Crippen molar-refractivity contribution < 1.29 is 23.5 Å². The van der Waals surface area contributed by atoms with E-state index >= 15 is 0 Å². The monoisotopic (exact) mass is 299 g/mol. The fraction of sp³-hybridized carbons (Fsp3) is 0.769. The van der Waals surface area contributed by atoms with Gasteiger partial charge in [-0.2, -0.15) is 4.98 Å². The molecule has 0 saturated carbocycles.